The molecule has 80 valence electrons. The van der Waals surface area contributed by atoms with Crippen LogP contribution in [-0.4, -0.2) is 0 Å². The van der Waals surface area contributed by atoms with Gasteiger partial charge in [0, 0.05) is 10.4 Å². The first-order valence-corrected chi connectivity index (χ1v) is 8.37. The standard InChI is InChI=1S/C9H4Br3ClS2/c10-6-2-1-5(14-6)8(13)4-3-7(11)15-9(4)12/h1-3,8H. The van der Waals surface area contributed by atoms with E-state index >= 15 is 0 Å². The molecule has 0 fully saturated rings. The molecule has 0 N–H and O–H groups in total. The van der Waals surface area contributed by atoms with Crippen LogP contribution in [0, 0.1) is 0 Å². The monoisotopic (exact) mass is 448 g/mol. The molecule has 2 aromatic heterocycles. The molecule has 0 saturated carbocycles. The Bertz CT molecular complexity index is 477. The van der Waals surface area contributed by atoms with Gasteiger partial charge in [0.2, 0.25) is 0 Å². The van der Waals surface area contributed by atoms with Crippen molar-refractivity contribution in [2.45, 2.75) is 5.38 Å². The maximum absolute atomic E-state index is 6.41. The van der Waals surface area contributed by atoms with Crippen molar-refractivity contribution in [3.8, 4) is 0 Å². The summed E-state index contributed by atoms with van der Waals surface area (Å²) >= 11 is 20.1. The van der Waals surface area contributed by atoms with E-state index < -0.39 is 0 Å². The molecule has 0 aromatic carbocycles. The fourth-order valence-electron chi connectivity index (χ4n) is 1.14. The highest BCUT2D eigenvalue weighted by molar-refractivity contribution is 9.12. The molecule has 6 heteroatoms. The minimum atomic E-state index is -0.0850. The maximum atomic E-state index is 6.41. The van der Waals surface area contributed by atoms with Crippen molar-refractivity contribution in [1.82, 2.24) is 0 Å². The van der Waals surface area contributed by atoms with Gasteiger partial charge in [-0.15, -0.1) is 34.3 Å². The summed E-state index contributed by atoms with van der Waals surface area (Å²) in [7, 11) is 0. The summed E-state index contributed by atoms with van der Waals surface area (Å²) in [5.74, 6) is 0. The molecule has 0 amide bonds. The third-order valence-corrected chi connectivity index (χ3v) is 6.47. The molecular weight excluding hydrogens is 447 g/mol. The molecule has 0 aliphatic heterocycles. The van der Waals surface area contributed by atoms with Crippen LogP contribution in [0.1, 0.15) is 15.8 Å². The van der Waals surface area contributed by atoms with E-state index in [2.05, 4.69) is 53.9 Å². The van der Waals surface area contributed by atoms with E-state index in [0.717, 1.165) is 21.8 Å². The number of rotatable bonds is 2. The average Bonchev–Trinajstić information content (AvgIpc) is 2.71. The number of hydrogen-bond acceptors (Lipinski definition) is 2. The second kappa shape index (κ2) is 5.19. The molecule has 2 rings (SSSR count). The summed E-state index contributed by atoms with van der Waals surface area (Å²) in [6.07, 6.45) is 0. The van der Waals surface area contributed by atoms with Crippen LogP contribution in [-0.2, 0) is 0 Å². The summed E-state index contributed by atoms with van der Waals surface area (Å²) < 4.78 is 3.28. The zero-order valence-electron chi connectivity index (χ0n) is 7.14. The van der Waals surface area contributed by atoms with E-state index in [1.807, 2.05) is 12.1 Å². The number of alkyl halides is 1. The molecule has 2 aromatic rings. The molecule has 1 atom stereocenters. The lowest BCUT2D eigenvalue weighted by Crippen LogP contribution is -1.87. The van der Waals surface area contributed by atoms with Gasteiger partial charge in [-0.25, -0.2) is 0 Å². The zero-order valence-corrected chi connectivity index (χ0v) is 14.3. The van der Waals surface area contributed by atoms with Crippen LogP contribution in [0.4, 0.5) is 0 Å². The Morgan fingerprint density at radius 2 is 1.80 bits per heavy atom. The summed E-state index contributed by atoms with van der Waals surface area (Å²) in [4.78, 5) is 1.15. The first-order chi connectivity index (χ1) is 7.08. The SMILES string of the molecule is ClC(c1ccc(Br)s1)c1cc(Br)sc1Br. The molecule has 0 aliphatic rings. The summed E-state index contributed by atoms with van der Waals surface area (Å²) in [6.45, 7) is 0. The summed E-state index contributed by atoms with van der Waals surface area (Å²) in [5.41, 5.74) is 1.11. The Morgan fingerprint density at radius 1 is 1.07 bits per heavy atom. The van der Waals surface area contributed by atoms with E-state index in [1.165, 1.54) is 0 Å². The highest BCUT2D eigenvalue weighted by atomic mass is 79.9. The van der Waals surface area contributed by atoms with Crippen LogP contribution in [0.2, 0.25) is 0 Å². The molecule has 0 bridgehead atoms. The molecular formula is C9H4Br3ClS2. The third kappa shape index (κ3) is 2.87. The lowest BCUT2D eigenvalue weighted by Gasteiger charge is -2.04. The first-order valence-electron chi connectivity index (χ1n) is 3.92. The van der Waals surface area contributed by atoms with Crippen molar-refractivity contribution >= 4 is 82.1 Å². The molecule has 0 spiro atoms. The molecule has 0 radical (unpaired) electrons. The van der Waals surface area contributed by atoms with E-state index in [9.17, 15) is 0 Å². The molecule has 2 heterocycles. The molecule has 15 heavy (non-hydrogen) atoms. The second-order valence-corrected chi connectivity index (χ2v) is 9.46. The predicted molar refractivity (Wildman–Crippen MR) is 79.4 cm³/mol. The fraction of sp³-hybridized carbons (Fsp3) is 0.111. The van der Waals surface area contributed by atoms with Crippen molar-refractivity contribution in [2.75, 3.05) is 0 Å². The normalized spacial score (nSPS) is 13.1. The van der Waals surface area contributed by atoms with Crippen LogP contribution in [0.25, 0.3) is 0 Å². The number of thiophene rings is 2. The van der Waals surface area contributed by atoms with Gasteiger partial charge in [0.05, 0.1) is 16.7 Å². The van der Waals surface area contributed by atoms with Gasteiger partial charge in [-0.3, -0.25) is 0 Å². The van der Waals surface area contributed by atoms with Crippen LogP contribution in [0.5, 0.6) is 0 Å². The predicted octanol–water partition coefficient (Wildman–Crippen LogP) is 6.43. The Kier molecular flexibility index (Phi) is 4.35. The van der Waals surface area contributed by atoms with E-state index in [-0.39, 0.29) is 5.38 Å². The zero-order chi connectivity index (χ0) is 11.0. The minimum absolute atomic E-state index is 0.0850. The van der Waals surface area contributed by atoms with Crippen molar-refractivity contribution in [3.63, 3.8) is 0 Å². The van der Waals surface area contributed by atoms with Crippen LogP contribution >= 0.6 is 82.1 Å². The molecule has 0 aliphatic carbocycles. The second-order valence-electron chi connectivity index (χ2n) is 2.78. The Balaban J connectivity index is 2.35. The lowest BCUT2D eigenvalue weighted by molar-refractivity contribution is 1.19. The van der Waals surface area contributed by atoms with Gasteiger partial charge in [0.1, 0.15) is 0 Å². The largest absolute Gasteiger partial charge is 0.131 e. The molecule has 1 unspecified atom stereocenters. The van der Waals surface area contributed by atoms with Gasteiger partial charge in [0.25, 0.3) is 0 Å². The molecule has 0 saturated heterocycles. The maximum Gasteiger partial charge on any atom is 0.0947 e. The van der Waals surface area contributed by atoms with Gasteiger partial charge < -0.3 is 0 Å². The van der Waals surface area contributed by atoms with Gasteiger partial charge in [0.15, 0.2) is 0 Å². The van der Waals surface area contributed by atoms with Crippen molar-refractivity contribution in [3.05, 3.63) is 40.0 Å². The number of halogens is 4. The summed E-state index contributed by atoms with van der Waals surface area (Å²) in [5, 5.41) is -0.0850. The Hall–Kier alpha value is 1.13. The van der Waals surface area contributed by atoms with Crippen molar-refractivity contribution < 1.29 is 0 Å². The van der Waals surface area contributed by atoms with E-state index in [1.54, 1.807) is 22.7 Å². The van der Waals surface area contributed by atoms with E-state index in [0.29, 0.717) is 0 Å². The van der Waals surface area contributed by atoms with Gasteiger partial charge in [-0.1, -0.05) is 0 Å². The first kappa shape index (κ1) is 12.6. The minimum Gasteiger partial charge on any atom is -0.131 e. The van der Waals surface area contributed by atoms with Crippen LogP contribution < -0.4 is 0 Å². The summed E-state index contributed by atoms with van der Waals surface area (Å²) in [6, 6.07) is 6.12. The third-order valence-electron chi connectivity index (χ3n) is 1.80. The van der Waals surface area contributed by atoms with Crippen LogP contribution in [0.15, 0.2) is 29.6 Å². The van der Waals surface area contributed by atoms with Crippen molar-refractivity contribution in [2.24, 2.45) is 0 Å². The lowest BCUT2D eigenvalue weighted by atomic mass is 10.2. The number of hydrogen-bond donors (Lipinski definition) is 0. The van der Waals surface area contributed by atoms with Crippen LogP contribution in [0.3, 0.4) is 0 Å². The van der Waals surface area contributed by atoms with Gasteiger partial charge in [-0.2, -0.15) is 0 Å². The quantitative estimate of drug-likeness (QED) is 0.462. The smallest absolute Gasteiger partial charge is 0.0947 e. The van der Waals surface area contributed by atoms with E-state index in [4.69, 9.17) is 11.6 Å². The fourth-order valence-corrected chi connectivity index (χ4v) is 6.04. The highest BCUT2D eigenvalue weighted by Crippen LogP contribution is 2.43. The highest BCUT2D eigenvalue weighted by Gasteiger charge is 2.18. The molecule has 0 nitrogen and oxygen atoms in total. The Labute approximate surface area is 126 Å². The van der Waals surface area contributed by atoms with Gasteiger partial charge in [-0.05, 0) is 66.0 Å². The Morgan fingerprint density at radius 3 is 2.27 bits per heavy atom. The van der Waals surface area contributed by atoms with Crippen molar-refractivity contribution in [1.29, 1.82) is 0 Å². The topological polar surface area (TPSA) is 0 Å². The average molecular weight is 451 g/mol. The van der Waals surface area contributed by atoms with Gasteiger partial charge >= 0.3 is 0 Å².